The second-order valence-electron chi connectivity index (χ2n) is 9.44. The number of methoxy groups -OCH3 is 1. The van der Waals surface area contributed by atoms with Crippen molar-refractivity contribution in [1.82, 2.24) is 0 Å². The number of carbonyl (C=O) groups excluding carboxylic acids is 2. The maximum atomic E-state index is 12.8. The molecule has 0 aromatic heterocycles. The van der Waals surface area contributed by atoms with E-state index >= 15 is 0 Å². The van der Waals surface area contributed by atoms with Gasteiger partial charge in [0.2, 0.25) is 0 Å². The summed E-state index contributed by atoms with van der Waals surface area (Å²) in [5.74, 6) is -0.888. The summed E-state index contributed by atoms with van der Waals surface area (Å²) in [5.41, 5.74) is -2.74. The molecule has 0 aliphatic carbocycles. The van der Waals surface area contributed by atoms with Gasteiger partial charge in [-0.05, 0) is 68.2 Å². The quantitative estimate of drug-likeness (QED) is 0.191. The Morgan fingerprint density at radius 2 is 1.28 bits per heavy atom. The minimum atomic E-state index is -4.24. The Kier molecular flexibility index (Phi) is 12.8. The van der Waals surface area contributed by atoms with Gasteiger partial charge in [-0.25, -0.2) is 4.57 Å². The summed E-state index contributed by atoms with van der Waals surface area (Å²) >= 11 is 5.93. The fourth-order valence-electron chi connectivity index (χ4n) is 2.75. The van der Waals surface area contributed by atoms with Crippen molar-refractivity contribution >= 4 is 29.8 Å². The minimum Gasteiger partial charge on any atom is -0.379 e. The van der Waals surface area contributed by atoms with Gasteiger partial charge >= 0.3 is 6.95 Å². The second-order valence-corrected chi connectivity index (χ2v) is 12.0. The van der Waals surface area contributed by atoms with Crippen LogP contribution in [0.15, 0.2) is 0 Å². The Morgan fingerprint density at radius 3 is 1.66 bits per heavy atom. The number of carbonyl (C=O) groups is 2. The van der Waals surface area contributed by atoms with Crippen LogP contribution in [-0.2, 0) is 37.4 Å². The maximum Gasteiger partial charge on any atom is 0.425 e. The fraction of sp³-hybridized carbons (Fsp3) is 0.909. The molecule has 0 amide bonds. The molecule has 32 heavy (non-hydrogen) atoms. The van der Waals surface area contributed by atoms with Crippen LogP contribution < -0.4 is 0 Å². The Hall–Kier alpha value is -0.340. The van der Waals surface area contributed by atoms with Crippen molar-refractivity contribution in [1.29, 1.82) is 0 Å². The summed E-state index contributed by atoms with van der Waals surface area (Å²) in [6.45, 7) is 11.5. The fourth-order valence-corrected chi connectivity index (χ4v) is 4.46. The van der Waals surface area contributed by atoms with Gasteiger partial charge in [-0.3, -0.25) is 18.6 Å². The van der Waals surface area contributed by atoms with Crippen LogP contribution in [0.2, 0.25) is 0 Å². The van der Waals surface area contributed by atoms with Crippen molar-refractivity contribution in [2.45, 2.75) is 111 Å². The molecule has 0 saturated carbocycles. The molecule has 0 bridgehead atoms. The summed E-state index contributed by atoms with van der Waals surface area (Å²) in [7, 11) is 1.61. The molecular formula is C22H42ClO8P. The van der Waals surface area contributed by atoms with E-state index in [4.69, 9.17) is 34.5 Å². The molecule has 0 aliphatic heterocycles. The standard InChI is InChI=1S/C22H42ClO8P/c1-11-12-14-28-21(6,7)18(24)16(2)30-32(23,26)31-17(3)19(25)22(8,9)29-15-13-20(4,5)27-10/h16-17H,11-15H2,1-10H3. The van der Waals surface area contributed by atoms with E-state index in [1.807, 2.05) is 20.8 Å². The van der Waals surface area contributed by atoms with E-state index in [0.29, 0.717) is 13.0 Å². The van der Waals surface area contributed by atoms with Crippen molar-refractivity contribution in [3.8, 4) is 0 Å². The number of Topliss-reactive ketones (excluding diaryl/α,β-unsaturated/α-hetero) is 2. The summed E-state index contributed by atoms with van der Waals surface area (Å²) in [4.78, 5) is 25.4. The highest BCUT2D eigenvalue weighted by Crippen LogP contribution is 2.56. The molecule has 0 N–H and O–H groups in total. The van der Waals surface area contributed by atoms with Crippen LogP contribution in [0.4, 0.5) is 0 Å². The highest BCUT2D eigenvalue weighted by Gasteiger charge is 2.41. The molecule has 0 spiro atoms. The van der Waals surface area contributed by atoms with Gasteiger partial charge in [-0.1, -0.05) is 13.3 Å². The Balaban J connectivity index is 4.94. The average molecular weight is 501 g/mol. The number of ketones is 2. The summed E-state index contributed by atoms with van der Waals surface area (Å²) in [6, 6.07) is 0. The third-order valence-electron chi connectivity index (χ3n) is 5.17. The Labute approximate surface area is 198 Å². The monoisotopic (exact) mass is 500 g/mol. The van der Waals surface area contributed by atoms with Gasteiger partial charge in [0.1, 0.15) is 23.4 Å². The van der Waals surface area contributed by atoms with Crippen molar-refractivity contribution in [3.05, 3.63) is 0 Å². The molecule has 3 unspecified atom stereocenters. The first-order valence-corrected chi connectivity index (χ1v) is 13.4. The molecule has 0 aliphatic rings. The highest BCUT2D eigenvalue weighted by atomic mass is 35.7. The molecule has 0 rings (SSSR count). The normalized spacial score (nSPS) is 17.0. The van der Waals surface area contributed by atoms with E-state index in [0.717, 1.165) is 12.8 Å². The number of ether oxygens (including phenoxy) is 3. The Morgan fingerprint density at radius 1 is 0.875 bits per heavy atom. The van der Waals surface area contributed by atoms with Gasteiger partial charge in [-0.2, -0.15) is 0 Å². The maximum absolute atomic E-state index is 12.8. The van der Waals surface area contributed by atoms with Gasteiger partial charge < -0.3 is 14.2 Å². The van der Waals surface area contributed by atoms with Gasteiger partial charge in [0.25, 0.3) is 0 Å². The first-order chi connectivity index (χ1) is 14.4. The van der Waals surface area contributed by atoms with Gasteiger partial charge in [0.05, 0.1) is 12.2 Å². The molecule has 3 atom stereocenters. The summed E-state index contributed by atoms with van der Waals surface area (Å²) in [5, 5.41) is 0. The molecule has 0 heterocycles. The zero-order valence-corrected chi connectivity index (χ0v) is 22.9. The van der Waals surface area contributed by atoms with E-state index in [-0.39, 0.29) is 6.61 Å². The molecule has 0 aromatic rings. The number of hydrogen-bond acceptors (Lipinski definition) is 8. The molecule has 0 aromatic carbocycles. The first-order valence-electron chi connectivity index (χ1n) is 11.0. The third-order valence-corrected chi connectivity index (χ3v) is 6.79. The van der Waals surface area contributed by atoms with E-state index in [2.05, 4.69) is 0 Å². The lowest BCUT2D eigenvalue weighted by atomic mass is 9.99. The topological polar surface area (TPSA) is 97.4 Å². The largest absolute Gasteiger partial charge is 0.425 e. The lowest BCUT2D eigenvalue weighted by Crippen LogP contribution is -2.43. The number of unbranched alkanes of at least 4 members (excludes halogenated alkanes) is 1. The first kappa shape index (κ1) is 31.7. The van der Waals surface area contributed by atoms with Crippen LogP contribution in [0.25, 0.3) is 0 Å². The molecule has 8 nitrogen and oxygen atoms in total. The van der Waals surface area contributed by atoms with Crippen molar-refractivity contribution in [2.75, 3.05) is 20.3 Å². The smallest absolute Gasteiger partial charge is 0.379 e. The molecule has 0 saturated heterocycles. The van der Waals surface area contributed by atoms with E-state index in [1.165, 1.54) is 13.8 Å². The van der Waals surface area contributed by atoms with Crippen molar-refractivity contribution < 1.29 is 37.4 Å². The zero-order chi connectivity index (χ0) is 25.4. The molecular weight excluding hydrogens is 459 g/mol. The van der Waals surface area contributed by atoms with Crippen LogP contribution in [0.3, 0.4) is 0 Å². The minimum absolute atomic E-state index is 0.278. The lowest BCUT2D eigenvalue weighted by Gasteiger charge is -2.30. The van der Waals surface area contributed by atoms with Crippen LogP contribution in [0, 0.1) is 0 Å². The molecule has 0 fully saturated rings. The summed E-state index contributed by atoms with van der Waals surface area (Å²) < 4.78 is 39.8. The van der Waals surface area contributed by atoms with Crippen molar-refractivity contribution in [2.24, 2.45) is 0 Å². The summed E-state index contributed by atoms with van der Waals surface area (Å²) in [6.07, 6.45) is -0.0270. The predicted octanol–water partition coefficient (Wildman–Crippen LogP) is 5.49. The van der Waals surface area contributed by atoms with E-state index < -0.39 is 47.5 Å². The van der Waals surface area contributed by atoms with Crippen LogP contribution in [0.1, 0.15) is 81.6 Å². The van der Waals surface area contributed by atoms with Gasteiger partial charge in [-0.15, -0.1) is 0 Å². The van der Waals surface area contributed by atoms with Gasteiger partial charge in [0, 0.05) is 25.0 Å². The number of hydrogen-bond donors (Lipinski definition) is 0. The van der Waals surface area contributed by atoms with Gasteiger partial charge in [0.15, 0.2) is 11.6 Å². The van der Waals surface area contributed by atoms with Crippen LogP contribution in [-0.4, -0.2) is 60.9 Å². The van der Waals surface area contributed by atoms with E-state index in [9.17, 15) is 14.2 Å². The number of rotatable bonds is 17. The van der Waals surface area contributed by atoms with Crippen LogP contribution >= 0.6 is 18.2 Å². The lowest BCUT2D eigenvalue weighted by molar-refractivity contribution is -0.150. The average Bonchev–Trinajstić information content (AvgIpc) is 2.65. The van der Waals surface area contributed by atoms with Crippen molar-refractivity contribution in [3.63, 3.8) is 0 Å². The number of halogens is 1. The zero-order valence-electron chi connectivity index (χ0n) is 21.3. The highest BCUT2D eigenvalue weighted by molar-refractivity contribution is 7.81. The van der Waals surface area contributed by atoms with Crippen LogP contribution in [0.5, 0.6) is 0 Å². The Bertz CT molecular complexity index is 662. The SMILES string of the molecule is CCCCOC(C)(C)C(=O)C(C)OP(=O)(Cl)OC(C)C(=O)C(C)(C)OCCC(C)(C)OC. The van der Waals surface area contributed by atoms with E-state index in [1.54, 1.807) is 34.8 Å². The predicted molar refractivity (Wildman–Crippen MR) is 125 cm³/mol. The molecule has 0 radical (unpaired) electrons. The molecule has 190 valence electrons. The third kappa shape index (κ3) is 11.2. The second kappa shape index (κ2) is 12.9. The molecule has 10 heteroatoms.